The van der Waals surface area contributed by atoms with E-state index in [1.165, 1.54) is 17.3 Å². The maximum Gasteiger partial charge on any atom is 0.172 e. The molecule has 0 spiro atoms. The third kappa shape index (κ3) is 2.94. The third-order valence-electron chi connectivity index (χ3n) is 2.84. The van der Waals surface area contributed by atoms with Crippen LogP contribution in [0.15, 0.2) is 34.4 Å². The van der Waals surface area contributed by atoms with Crippen molar-refractivity contribution in [2.75, 3.05) is 5.43 Å². The number of anilines is 1. The zero-order valence-corrected chi connectivity index (χ0v) is 13.3. The van der Waals surface area contributed by atoms with Gasteiger partial charge in [-0.05, 0) is 42.4 Å². The van der Waals surface area contributed by atoms with Crippen LogP contribution in [0.2, 0.25) is 10.0 Å². The van der Waals surface area contributed by atoms with Gasteiger partial charge in [-0.25, -0.2) is 15.8 Å². The molecule has 0 saturated carbocycles. The summed E-state index contributed by atoms with van der Waals surface area (Å²) in [5.41, 5.74) is 5.47. The Balaban J connectivity index is 1.98. The van der Waals surface area contributed by atoms with Gasteiger partial charge in [0.25, 0.3) is 0 Å². The third-order valence-corrected chi connectivity index (χ3v) is 4.42. The highest BCUT2D eigenvalue weighted by atomic mass is 35.5. The fraction of sp³-hybridized carbons (Fsp3) is 0.0769. The van der Waals surface area contributed by atoms with Crippen molar-refractivity contribution in [3.8, 4) is 0 Å². The van der Waals surface area contributed by atoms with Gasteiger partial charge in [0.1, 0.15) is 5.03 Å². The Morgan fingerprint density at radius 1 is 1.19 bits per heavy atom. The molecule has 0 atom stereocenters. The number of imidazole rings is 1. The number of benzene rings is 1. The zero-order valence-electron chi connectivity index (χ0n) is 10.9. The van der Waals surface area contributed by atoms with Crippen LogP contribution in [0.5, 0.6) is 0 Å². The SMILES string of the molecule is Cc1ccc2nc(Sc3nc(NN)c(Cl)cc3Cl)[nH]c2c1. The first-order valence-corrected chi connectivity index (χ1v) is 7.61. The molecule has 0 radical (unpaired) electrons. The molecule has 0 fully saturated rings. The highest BCUT2D eigenvalue weighted by Gasteiger charge is 2.12. The Kier molecular flexibility index (Phi) is 3.95. The lowest BCUT2D eigenvalue weighted by Crippen LogP contribution is -2.09. The Morgan fingerprint density at radius 2 is 2.00 bits per heavy atom. The van der Waals surface area contributed by atoms with E-state index in [0.717, 1.165) is 11.0 Å². The molecule has 0 saturated heterocycles. The number of nitrogens with one attached hydrogen (secondary N) is 2. The normalized spacial score (nSPS) is 11.0. The van der Waals surface area contributed by atoms with Gasteiger partial charge in [0.05, 0.1) is 21.1 Å². The number of nitrogen functional groups attached to an aromatic ring is 1. The molecule has 0 aliphatic rings. The molecule has 4 N–H and O–H groups in total. The summed E-state index contributed by atoms with van der Waals surface area (Å²) in [6.07, 6.45) is 0. The molecule has 3 rings (SSSR count). The summed E-state index contributed by atoms with van der Waals surface area (Å²) in [4.78, 5) is 12.0. The van der Waals surface area contributed by atoms with Gasteiger partial charge in [-0.3, -0.25) is 0 Å². The minimum absolute atomic E-state index is 0.368. The maximum atomic E-state index is 6.15. The molecular formula is C13H11Cl2N5S. The van der Waals surface area contributed by atoms with Gasteiger partial charge in [-0.2, -0.15) is 0 Å². The van der Waals surface area contributed by atoms with Crippen molar-refractivity contribution >= 4 is 51.8 Å². The van der Waals surface area contributed by atoms with E-state index in [0.29, 0.717) is 26.0 Å². The van der Waals surface area contributed by atoms with Crippen LogP contribution >= 0.6 is 35.0 Å². The van der Waals surface area contributed by atoms with Crippen molar-refractivity contribution in [2.24, 2.45) is 5.84 Å². The van der Waals surface area contributed by atoms with Crippen LogP contribution < -0.4 is 11.3 Å². The summed E-state index contributed by atoms with van der Waals surface area (Å²) in [5, 5.41) is 2.09. The lowest BCUT2D eigenvalue weighted by Gasteiger charge is -2.06. The van der Waals surface area contributed by atoms with Crippen molar-refractivity contribution in [1.29, 1.82) is 0 Å². The molecule has 1 aromatic carbocycles. The number of fused-ring (bicyclic) bond motifs is 1. The second kappa shape index (κ2) is 5.73. The monoisotopic (exact) mass is 339 g/mol. The minimum atomic E-state index is 0.368. The first-order chi connectivity index (χ1) is 10.1. The fourth-order valence-corrected chi connectivity index (χ4v) is 3.17. The highest BCUT2D eigenvalue weighted by Crippen LogP contribution is 2.35. The minimum Gasteiger partial charge on any atom is -0.333 e. The topological polar surface area (TPSA) is 79.6 Å². The number of rotatable bonds is 3. The van der Waals surface area contributed by atoms with E-state index in [-0.39, 0.29) is 0 Å². The quantitative estimate of drug-likeness (QED) is 0.496. The molecule has 2 heterocycles. The van der Waals surface area contributed by atoms with Crippen molar-refractivity contribution < 1.29 is 0 Å². The molecule has 8 heteroatoms. The molecule has 0 amide bonds. The van der Waals surface area contributed by atoms with E-state index in [4.69, 9.17) is 29.0 Å². The summed E-state index contributed by atoms with van der Waals surface area (Å²) >= 11 is 13.4. The number of aromatic amines is 1. The van der Waals surface area contributed by atoms with Crippen LogP contribution in [0, 0.1) is 6.92 Å². The number of aryl methyl sites for hydroxylation is 1. The predicted molar refractivity (Wildman–Crippen MR) is 87.0 cm³/mol. The number of hydrogen-bond acceptors (Lipinski definition) is 5. The van der Waals surface area contributed by atoms with Gasteiger partial charge in [-0.1, -0.05) is 29.3 Å². The summed E-state index contributed by atoms with van der Waals surface area (Å²) in [6.45, 7) is 2.03. The Labute approximate surface area is 135 Å². The highest BCUT2D eigenvalue weighted by molar-refractivity contribution is 7.99. The number of hydrogen-bond donors (Lipinski definition) is 3. The van der Waals surface area contributed by atoms with Crippen molar-refractivity contribution in [1.82, 2.24) is 15.0 Å². The molecular weight excluding hydrogens is 329 g/mol. The fourth-order valence-electron chi connectivity index (χ4n) is 1.86. The van der Waals surface area contributed by atoms with Gasteiger partial charge in [-0.15, -0.1) is 0 Å². The largest absolute Gasteiger partial charge is 0.333 e. The first kappa shape index (κ1) is 14.5. The number of aromatic nitrogens is 3. The van der Waals surface area contributed by atoms with E-state index in [1.807, 2.05) is 25.1 Å². The Hall–Kier alpha value is -1.47. The summed E-state index contributed by atoms with van der Waals surface area (Å²) < 4.78 is 0. The second-order valence-corrected chi connectivity index (χ2v) is 6.21. The summed E-state index contributed by atoms with van der Waals surface area (Å²) in [5.74, 6) is 5.74. The van der Waals surface area contributed by atoms with Gasteiger partial charge in [0.2, 0.25) is 0 Å². The van der Waals surface area contributed by atoms with Crippen LogP contribution in [0.25, 0.3) is 11.0 Å². The molecule has 0 unspecified atom stereocenters. The summed E-state index contributed by atoms with van der Waals surface area (Å²) in [7, 11) is 0. The van der Waals surface area contributed by atoms with E-state index < -0.39 is 0 Å². The lowest BCUT2D eigenvalue weighted by atomic mass is 10.2. The number of nitrogens with two attached hydrogens (primary N) is 1. The summed E-state index contributed by atoms with van der Waals surface area (Å²) in [6, 6.07) is 7.62. The molecule has 21 heavy (non-hydrogen) atoms. The number of hydrazine groups is 1. The lowest BCUT2D eigenvalue weighted by molar-refractivity contribution is 1.05. The van der Waals surface area contributed by atoms with Crippen LogP contribution in [0.3, 0.4) is 0 Å². The van der Waals surface area contributed by atoms with Gasteiger partial charge in [0.15, 0.2) is 11.0 Å². The van der Waals surface area contributed by atoms with Crippen LogP contribution in [0.4, 0.5) is 5.82 Å². The van der Waals surface area contributed by atoms with Crippen LogP contribution in [0.1, 0.15) is 5.56 Å². The predicted octanol–water partition coefficient (Wildman–Crippen LogP) is 4.01. The molecule has 0 aliphatic heterocycles. The Bertz CT molecular complexity index is 818. The van der Waals surface area contributed by atoms with E-state index >= 15 is 0 Å². The van der Waals surface area contributed by atoms with Crippen LogP contribution in [-0.4, -0.2) is 15.0 Å². The average Bonchev–Trinajstić information content (AvgIpc) is 2.83. The number of nitrogens with zero attached hydrogens (tertiary/aromatic N) is 2. The standard InChI is InChI=1S/C13H11Cl2N5S/c1-6-2-3-9-10(4-6)18-13(17-9)21-12-8(15)5-7(14)11(19-12)20-16/h2-5H,16H2,1H3,(H,17,18)(H,19,20). The second-order valence-electron chi connectivity index (χ2n) is 4.41. The molecule has 108 valence electrons. The van der Waals surface area contributed by atoms with E-state index in [9.17, 15) is 0 Å². The average molecular weight is 340 g/mol. The molecule has 0 aliphatic carbocycles. The van der Waals surface area contributed by atoms with Crippen molar-refractivity contribution in [3.63, 3.8) is 0 Å². The molecule has 5 nitrogen and oxygen atoms in total. The zero-order chi connectivity index (χ0) is 15.0. The van der Waals surface area contributed by atoms with Crippen molar-refractivity contribution in [3.05, 3.63) is 39.9 Å². The number of halogens is 2. The first-order valence-electron chi connectivity index (χ1n) is 6.03. The van der Waals surface area contributed by atoms with E-state index in [2.05, 4.69) is 20.4 Å². The van der Waals surface area contributed by atoms with Gasteiger partial charge in [0, 0.05) is 0 Å². The Morgan fingerprint density at radius 3 is 2.76 bits per heavy atom. The maximum absolute atomic E-state index is 6.15. The number of pyridine rings is 1. The van der Waals surface area contributed by atoms with E-state index in [1.54, 1.807) is 6.07 Å². The smallest absolute Gasteiger partial charge is 0.172 e. The number of H-pyrrole nitrogens is 1. The molecule has 0 bridgehead atoms. The van der Waals surface area contributed by atoms with Gasteiger partial charge < -0.3 is 10.4 Å². The van der Waals surface area contributed by atoms with Gasteiger partial charge >= 0.3 is 0 Å². The molecule has 3 aromatic rings. The van der Waals surface area contributed by atoms with Crippen LogP contribution in [-0.2, 0) is 0 Å². The van der Waals surface area contributed by atoms with Crippen molar-refractivity contribution in [2.45, 2.75) is 17.1 Å². The molecule has 2 aromatic heterocycles.